The second kappa shape index (κ2) is 13.4. The van der Waals surface area contributed by atoms with Gasteiger partial charge in [0, 0.05) is 81.9 Å². The van der Waals surface area contributed by atoms with Crippen LogP contribution in [0.3, 0.4) is 0 Å². The molecule has 0 radical (unpaired) electrons. The molecule has 4 N–H and O–H groups in total. The molecule has 5 aliphatic rings. The smallest absolute Gasteiger partial charge is 0.322 e. The lowest BCUT2D eigenvalue weighted by Crippen LogP contribution is -2.80. The van der Waals surface area contributed by atoms with Crippen LogP contribution in [-0.2, 0) is 31.6 Å². The molecule has 1 amide bonds. The molecule has 2 fully saturated rings. The Morgan fingerprint density at radius 2 is 1.91 bits per heavy atom. The summed E-state index contributed by atoms with van der Waals surface area (Å²) in [6.07, 6.45) is 5.62. The minimum Gasteiger partial charge on any atom is -0.496 e. The van der Waals surface area contributed by atoms with Crippen LogP contribution >= 0.6 is 0 Å². The standard InChI is InChI=1S/C41H51N7O7/c1-6-11-24-22-40(37(52)55-5,32-26(14-18-48(24)23-49)25-12-8-9-13-29(25)43-32)28-20-27-30(21-31(28)54-4)46(3)34-39(27)16-19-47-17-10-15-38(7-2,33(39)47)35(50)41(34,53)36(51)44-45-42/h8-10,12-13,15,20-21,24,33-35,43,49-50,53H,6-7,11,14,16-19,22-23H2,1-5H3/t24-,33-,34?,35?,38+,39+,40?,41?/m0/s1. The van der Waals surface area contributed by atoms with Gasteiger partial charge in [-0.1, -0.05) is 50.6 Å². The highest BCUT2D eigenvalue weighted by atomic mass is 16.5. The number of carbonyl (C=O) groups is 2. The summed E-state index contributed by atoms with van der Waals surface area (Å²) in [6, 6.07) is 10.3. The monoisotopic (exact) mass is 753 g/mol. The Bertz CT molecular complexity index is 2130. The van der Waals surface area contributed by atoms with Crippen molar-refractivity contribution in [2.75, 3.05) is 52.5 Å². The number of benzene rings is 2. The number of nitrogens with one attached hydrogen (secondary N) is 1. The van der Waals surface area contributed by atoms with Gasteiger partial charge in [0.1, 0.15) is 17.3 Å². The van der Waals surface area contributed by atoms with E-state index in [-0.39, 0.29) is 25.2 Å². The molecule has 4 unspecified atom stereocenters. The maximum absolute atomic E-state index is 15.1. The molecule has 1 saturated heterocycles. The molecule has 3 aromatic rings. The molecule has 1 aliphatic carbocycles. The number of esters is 1. The number of aliphatic hydroxyl groups is 3. The van der Waals surface area contributed by atoms with Crippen LogP contribution < -0.4 is 9.64 Å². The van der Waals surface area contributed by atoms with E-state index < -0.39 is 45.9 Å². The van der Waals surface area contributed by atoms with E-state index >= 15 is 4.79 Å². The second-order valence-electron chi connectivity index (χ2n) is 16.1. The first-order valence-corrected chi connectivity index (χ1v) is 19.4. The first-order valence-electron chi connectivity index (χ1n) is 19.4. The normalized spacial score (nSPS) is 33.9. The Balaban J connectivity index is 1.48. The fourth-order valence-electron chi connectivity index (χ4n) is 12.1. The molecule has 5 heterocycles. The van der Waals surface area contributed by atoms with Crippen LogP contribution in [0, 0.1) is 5.41 Å². The van der Waals surface area contributed by atoms with Crippen molar-refractivity contribution in [2.45, 2.75) is 93.0 Å². The third-order valence-corrected chi connectivity index (χ3v) is 14.2. The van der Waals surface area contributed by atoms with Crippen LogP contribution in [0.2, 0.25) is 0 Å². The summed E-state index contributed by atoms with van der Waals surface area (Å²) in [5, 5.41) is 40.4. The SMILES string of the molecule is CCC[C@H]1CC(C(=O)OC)(c2cc3c(cc2OC)N(C)C2C(O)(C(=O)N=[N+]=[N-])C(O)[C@]4(CC)C=CCN5CC[C@]32[C@@H]54)c2[nH]c3ccccc3c2CCN1CO. The van der Waals surface area contributed by atoms with Gasteiger partial charge in [-0.3, -0.25) is 19.4 Å². The molecule has 14 heteroatoms. The first-order chi connectivity index (χ1) is 26.5. The maximum atomic E-state index is 15.1. The first kappa shape index (κ1) is 37.5. The van der Waals surface area contributed by atoms with Gasteiger partial charge >= 0.3 is 5.97 Å². The van der Waals surface area contributed by atoms with Crippen LogP contribution in [-0.4, -0.2) is 119 Å². The minimum absolute atomic E-state index is 0.180. The largest absolute Gasteiger partial charge is 0.496 e. The topological polar surface area (TPSA) is 188 Å². The molecule has 1 aromatic heterocycles. The lowest BCUT2D eigenvalue weighted by molar-refractivity contribution is -0.201. The number of anilines is 1. The summed E-state index contributed by atoms with van der Waals surface area (Å²) in [6.45, 7) is 5.70. The summed E-state index contributed by atoms with van der Waals surface area (Å²) in [5.41, 5.74) is 8.08. The molecule has 292 valence electrons. The van der Waals surface area contributed by atoms with Gasteiger partial charge in [0.05, 0.1) is 27.0 Å². The summed E-state index contributed by atoms with van der Waals surface area (Å²) < 4.78 is 12.1. The third kappa shape index (κ3) is 4.69. The van der Waals surface area contributed by atoms with Crippen molar-refractivity contribution < 1.29 is 34.4 Å². The minimum atomic E-state index is -2.49. The van der Waals surface area contributed by atoms with E-state index in [1.165, 1.54) is 7.11 Å². The van der Waals surface area contributed by atoms with Crippen molar-refractivity contribution in [2.24, 2.45) is 10.5 Å². The number of likely N-dealkylation sites (N-methyl/N-ethyl adjacent to an activating group) is 1. The van der Waals surface area contributed by atoms with Gasteiger partial charge in [0.25, 0.3) is 5.91 Å². The molecule has 8 rings (SSSR count). The molecule has 0 bridgehead atoms. The maximum Gasteiger partial charge on any atom is 0.322 e. The van der Waals surface area contributed by atoms with E-state index in [1.54, 1.807) is 14.2 Å². The number of ether oxygens (including phenoxy) is 2. The van der Waals surface area contributed by atoms with Gasteiger partial charge in [-0.05, 0) is 72.6 Å². The number of nitrogens with zero attached hydrogens (tertiary/aromatic N) is 6. The molecule has 1 spiro atoms. The van der Waals surface area contributed by atoms with Crippen molar-refractivity contribution in [3.63, 3.8) is 0 Å². The number of H-pyrrole nitrogens is 1. The molecule has 8 atom stereocenters. The lowest BCUT2D eigenvalue weighted by Gasteiger charge is -2.63. The predicted molar refractivity (Wildman–Crippen MR) is 206 cm³/mol. The van der Waals surface area contributed by atoms with Gasteiger partial charge in [-0.25, -0.2) is 0 Å². The molecular formula is C41H51N7O7. The Labute approximate surface area is 320 Å². The average Bonchev–Trinajstić information content (AvgIpc) is 3.85. The summed E-state index contributed by atoms with van der Waals surface area (Å²) in [4.78, 5) is 41.8. The highest BCUT2D eigenvalue weighted by molar-refractivity contribution is 5.95. The number of aromatic nitrogens is 1. The van der Waals surface area contributed by atoms with Gasteiger partial charge in [0.15, 0.2) is 5.60 Å². The van der Waals surface area contributed by atoms with E-state index in [1.807, 2.05) is 65.3 Å². The van der Waals surface area contributed by atoms with Crippen molar-refractivity contribution >= 4 is 28.5 Å². The number of fused-ring (bicyclic) bond motifs is 4. The molecule has 2 aromatic carbocycles. The van der Waals surface area contributed by atoms with E-state index in [4.69, 9.17) is 9.47 Å². The Hall–Kier alpha value is -4.43. The average molecular weight is 754 g/mol. The van der Waals surface area contributed by atoms with E-state index in [0.717, 1.165) is 28.5 Å². The second-order valence-corrected chi connectivity index (χ2v) is 16.1. The Morgan fingerprint density at radius 3 is 2.60 bits per heavy atom. The summed E-state index contributed by atoms with van der Waals surface area (Å²) in [5.74, 6) is -1.21. The zero-order valence-electron chi connectivity index (χ0n) is 32.2. The van der Waals surface area contributed by atoms with Crippen molar-refractivity contribution in [1.29, 1.82) is 0 Å². The third-order valence-electron chi connectivity index (χ3n) is 14.2. The number of carbonyl (C=O) groups excluding carboxylic acids is 2. The van der Waals surface area contributed by atoms with Gasteiger partial charge < -0.3 is 34.7 Å². The number of azide groups is 1. The number of rotatable bonds is 8. The highest BCUT2D eigenvalue weighted by Crippen LogP contribution is 2.67. The number of aliphatic hydroxyl groups excluding tert-OH is 2. The summed E-state index contributed by atoms with van der Waals surface area (Å²) in [7, 11) is 4.75. The Kier molecular flexibility index (Phi) is 9.10. The number of hydrogen-bond donors (Lipinski definition) is 4. The fraction of sp³-hybridized carbons (Fsp3) is 0.561. The number of methoxy groups -OCH3 is 2. The zero-order valence-corrected chi connectivity index (χ0v) is 32.2. The van der Waals surface area contributed by atoms with Crippen molar-refractivity contribution in [3.05, 3.63) is 81.4 Å². The van der Waals surface area contributed by atoms with E-state index in [2.05, 4.69) is 26.8 Å². The van der Waals surface area contributed by atoms with Gasteiger partial charge in [0.2, 0.25) is 0 Å². The number of hydrogen-bond acceptors (Lipinski definition) is 10. The number of amides is 1. The molecule has 55 heavy (non-hydrogen) atoms. The van der Waals surface area contributed by atoms with Gasteiger partial charge in [-0.2, -0.15) is 0 Å². The van der Waals surface area contributed by atoms with Crippen LogP contribution in [0.1, 0.15) is 68.3 Å². The van der Waals surface area contributed by atoms with Crippen LogP contribution in [0.25, 0.3) is 21.3 Å². The highest BCUT2D eigenvalue weighted by Gasteiger charge is 2.78. The summed E-state index contributed by atoms with van der Waals surface area (Å²) >= 11 is 0. The van der Waals surface area contributed by atoms with E-state index in [9.17, 15) is 25.6 Å². The van der Waals surface area contributed by atoms with Crippen molar-refractivity contribution in [3.8, 4) is 5.75 Å². The Morgan fingerprint density at radius 1 is 1.13 bits per heavy atom. The molecule has 4 aliphatic heterocycles. The fourth-order valence-corrected chi connectivity index (χ4v) is 12.1. The van der Waals surface area contributed by atoms with Crippen LogP contribution in [0.4, 0.5) is 5.69 Å². The zero-order chi connectivity index (χ0) is 39.1. The predicted octanol–water partition coefficient (Wildman–Crippen LogP) is 4.04. The number of aromatic amines is 1. The van der Waals surface area contributed by atoms with Crippen molar-refractivity contribution in [1.82, 2.24) is 14.8 Å². The molecule has 14 nitrogen and oxygen atoms in total. The number of para-hydroxylation sites is 1. The molecular weight excluding hydrogens is 702 g/mol. The molecule has 1 saturated carbocycles. The van der Waals surface area contributed by atoms with Crippen LogP contribution in [0.15, 0.2) is 53.7 Å². The van der Waals surface area contributed by atoms with Crippen LogP contribution in [0.5, 0.6) is 5.75 Å². The van der Waals surface area contributed by atoms with Gasteiger partial charge in [-0.15, -0.1) is 0 Å². The van der Waals surface area contributed by atoms with E-state index in [0.29, 0.717) is 68.0 Å². The quantitative estimate of drug-likeness (QED) is 0.0860. The lowest BCUT2D eigenvalue weighted by atomic mass is 9.47.